The van der Waals surface area contributed by atoms with Gasteiger partial charge in [-0.05, 0) is 30.5 Å². The zero-order valence-corrected chi connectivity index (χ0v) is 15.1. The van der Waals surface area contributed by atoms with E-state index in [4.69, 9.17) is 4.74 Å². The number of aliphatic hydroxyl groups is 1. The Balaban J connectivity index is 1.56. The summed E-state index contributed by atoms with van der Waals surface area (Å²) in [4.78, 5) is 6.99. The van der Waals surface area contributed by atoms with Crippen molar-refractivity contribution in [1.82, 2.24) is 14.5 Å². The number of nitrogens with zero attached hydrogens (tertiary/aromatic N) is 3. The highest BCUT2D eigenvalue weighted by Gasteiger charge is 2.53. The van der Waals surface area contributed by atoms with Crippen molar-refractivity contribution in [2.24, 2.45) is 18.9 Å². The summed E-state index contributed by atoms with van der Waals surface area (Å²) in [5, 5.41) is 11.6. The van der Waals surface area contributed by atoms with E-state index in [0.29, 0.717) is 0 Å². The quantitative estimate of drug-likeness (QED) is 0.928. The van der Waals surface area contributed by atoms with Crippen molar-refractivity contribution in [2.75, 3.05) is 20.2 Å². The van der Waals surface area contributed by atoms with Gasteiger partial charge in [-0.1, -0.05) is 18.6 Å². The molecular weight excluding hydrogens is 314 g/mol. The molecule has 1 N–H and O–H groups in total. The average molecular weight is 341 g/mol. The van der Waals surface area contributed by atoms with E-state index in [1.807, 2.05) is 29.9 Å². The molecule has 5 nitrogen and oxygen atoms in total. The van der Waals surface area contributed by atoms with E-state index >= 15 is 0 Å². The molecule has 1 aromatic carbocycles. The van der Waals surface area contributed by atoms with Crippen LogP contribution in [0.3, 0.4) is 0 Å². The Labute approximate surface area is 149 Å². The third-order valence-electron chi connectivity index (χ3n) is 6.03. The van der Waals surface area contributed by atoms with Gasteiger partial charge >= 0.3 is 0 Å². The van der Waals surface area contributed by atoms with E-state index in [9.17, 15) is 5.11 Å². The van der Waals surface area contributed by atoms with Gasteiger partial charge in [-0.3, -0.25) is 4.90 Å². The summed E-state index contributed by atoms with van der Waals surface area (Å²) in [5.41, 5.74) is 0.473. The number of likely N-dealkylation sites (tertiary alicyclic amines) is 1. The Kier molecular flexibility index (Phi) is 4.29. The lowest BCUT2D eigenvalue weighted by atomic mass is 9.65. The lowest BCUT2D eigenvalue weighted by molar-refractivity contribution is -0.155. The van der Waals surface area contributed by atoms with Crippen LogP contribution < -0.4 is 4.74 Å². The van der Waals surface area contributed by atoms with Crippen LogP contribution in [0.25, 0.3) is 0 Å². The van der Waals surface area contributed by atoms with Crippen molar-refractivity contribution in [2.45, 2.75) is 31.4 Å². The van der Waals surface area contributed by atoms with E-state index in [1.54, 1.807) is 13.3 Å². The summed E-state index contributed by atoms with van der Waals surface area (Å²) < 4.78 is 7.33. The molecule has 4 rings (SSSR count). The van der Waals surface area contributed by atoms with E-state index in [1.165, 1.54) is 12.0 Å². The molecule has 1 aromatic heterocycles. The van der Waals surface area contributed by atoms with Gasteiger partial charge in [0.15, 0.2) is 0 Å². The fourth-order valence-corrected chi connectivity index (χ4v) is 4.82. The van der Waals surface area contributed by atoms with Crippen LogP contribution in [0.2, 0.25) is 0 Å². The number of rotatable bonds is 4. The molecule has 0 radical (unpaired) electrons. The van der Waals surface area contributed by atoms with Crippen LogP contribution in [0.5, 0.6) is 5.75 Å². The van der Waals surface area contributed by atoms with E-state index < -0.39 is 5.60 Å². The van der Waals surface area contributed by atoms with Gasteiger partial charge in [0.05, 0.1) is 7.11 Å². The van der Waals surface area contributed by atoms with Crippen LogP contribution in [0.15, 0.2) is 36.7 Å². The fourth-order valence-electron chi connectivity index (χ4n) is 4.82. The highest BCUT2D eigenvalue weighted by atomic mass is 16.5. The van der Waals surface area contributed by atoms with Gasteiger partial charge < -0.3 is 14.4 Å². The number of fused-ring (bicyclic) bond motifs is 2. The molecule has 0 amide bonds. The molecule has 0 spiro atoms. The first kappa shape index (κ1) is 16.6. The Morgan fingerprint density at radius 3 is 2.68 bits per heavy atom. The molecule has 134 valence electrons. The number of hydrogen-bond donors (Lipinski definition) is 1. The standard InChI is InChI=1S/C20H27N3O2/c1-22-10-9-21-19(22)20(24)16-6-4-7-17(20)14-23(13-16)12-15-5-3-8-18(11-15)25-2/h3,5,8-11,16-17,24H,4,6-7,12-14H2,1-2H3/t16-,17-/m0/s1. The Hall–Kier alpha value is -1.85. The number of benzene rings is 1. The first-order chi connectivity index (χ1) is 12.1. The molecule has 2 fully saturated rings. The lowest BCUT2D eigenvalue weighted by Crippen LogP contribution is -2.58. The summed E-state index contributed by atoms with van der Waals surface area (Å²) in [7, 11) is 3.69. The molecule has 2 aromatic rings. The second kappa shape index (κ2) is 6.46. The summed E-state index contributed by atoms with van der Waals surface area (Å²) in [6.07, 6.45) is 7.06. The summed E-state index contributed by atoms with van der Waals surface area (Å²) >= 11 is 0. The van der Waals surface area contributed by atoms with Crippen molar-refractivity contribution in [3.63, 3.8) is 0 Å². The minimum absolute atomic E-state index is 0.242. The van der Waals surface area contributed by atoms with Gasteiger partial charge in [0, 0.05) is 50.9 Å². The molecule has 5 heteroatoms. The van der Waals surface area contributed by atoms with Gasteiger partial charge in [-0.2, -0.15) is 0 Å². The average Bonchev–Trinajstić information content (AvgIpc) is 3.03. The third-order valence-corrected chi connectivity index (χ3v) is 6.03. The molecule has 2 atom stereocenters. The van der Waals surface area contributed by atoms with Crippen molar-refractivity contribution < 1.29 is 9.84 Å². The number of methoxy groups -OCH3 is 1. The molecule has 2 bridgehead atoms. The molecule has 2 heterocycles. The number of aryl methyl sites for hydroxylation is 1. The number of piperidine rings is 1. The first-order valence-electron chi connectivity index (χ1n) is 9.16. The predicted molar refractivity (Wildman–Crippen MR) is 96.2 cm³/mol. The number of imidazole rings is 1. The zero-order valence-electron chi connectivity index (χ0n) is 15.1. The molecular formula is C20H27N3O2. The van der Waals surface area contributed by atoms with Crippen LogP contribution in [-0.4, -0.2) is 39.8 Å². The van der Waals surface area contributed by atoms with Crippen molar-refractivity contribution in [3.8, 4) is 5.75 Å². The zero-order chi connectivity index (χ0) is 17.4. The maximum atomic E-state index is 11.6. The van der Waals surface area contributed by atoms with E-state index in [0.717, 1.165) is 44.0 Å². The van der Waals surface area contributed by atoms with Crippen molar-refractivity contribution in [1.29, 1.82) is 0 Å². The lowest BCUT2D eigenvalue weighted by Gasteiger charge is -2.52. The third kappa shape index (κ3) is 2.85. The molecule has 25 heavy (non-hydrogen) atoms. The normalized spacial score (nSPS) is 29.6. The van der Waals surface area contributed by atoms with Gasteiger partial charge in [-0.15, -0.1) is 0 Å². The smallest absolute Gasteiger partial charge is 0.141 e. The minimum atomic E-state index is -0.790. The van der Waals surface area contributed by atoms with E-state index in [-0.39, 0.29) is 11.8 Å². The van der Waals surface area contributed by atoms with Crippen LogP contribution in [0.1, 0.15) is 30.7 Å². The number of ether oxygens (including phenoxy) is 1. The van der Waals surface area contributed by atoms with Crippen molar-refractivity contribution >= 4 is 0 Å². The van der Waals surface area contributed by atoms with Crippen LogP contribution in [0, 0.1) is 11.8 Å². The van der Waals surface area contributed by atoms with Crippen molar-refractivity contribution in [3.05, 3.63) is 48.0 Å². The second-order valence-corrected chi connectivity index (χ2v) is 7.56. The molecule has 1 saturated carbocycles. The Morgan fingerprint density at radius 1 is 1.28 bits per heavy atom. The minimum Gasteiger partial charge on any atom is -0.497 e. The molecule has 0 unspecified atom stereocenters. The Morgan fingerprint density at radius 2 is 2.04 bits per heavy atom. The number of hydrogen-bond acceptors (Lipinski definition) is 4. The first-order valence-corrected chi connectivity index (χ1v) is 9.16. The highest BCUT2D eigenvalue weighted by molar-refractivity contribution is 5.28. The Bertz CT molecular complexity index is 728. The van der Waals surface area contributed by atoms with Crippen LogP contribution >= 0.6 is 0 Å². The maximum absolute atomic E-state index is 11.6. The van der Waals surface area contributed by atoms with Gasteiger partial charge in [0.1, 0.15) is 17.2 Å². The summed E-state index contributed by atoms with van der Waals surface area (Å²) in [6.45, 7) is 2.73. The molecule has 1 aliphatic heterocycles. The fraction of sp³-hybridized carbons (Fsp3) is 0.550. The van der Waals surface area contributed by atoms with E-state index in [2.05, 4.69) is 22.0 Å². The SMILES string of the molecule is COc1cccc(CN2C[C@@H]3CCC[C@@H](C2)C3(O)c2nccn2C)c1. The predicted octanol–water partition coefficient (Wildman–Crippen LogP) is 2.55. The van der Waals surface area contributed by atoms with Crippen LogP contribution in [-0.2, 0) is 19.2 Å². The van der Waals surface area contributed by atoms with Gasteiger partial charge in [0.25, 0.3) is 0 Å². The van der Waals surface area contributed by atoms with Gasteiger partial charge in [-0.25, -0.2) is 4.98 Å². The maximum Gasteiger partial charge on any atom is 0.141 e. The second-order valence-electron chi connectivity index (χ2n) is 7.56. The summed E-state index contributed by atoms with van der Waals surface area (Å²) in [5.74, 6) is 2.22. The van der Waals surface area contributed by atoms with Crippen LogP contribution in [0.4, 0.5) is 0 Å². The summed E-state index contributed by atoms with van der Waals surface area (Å²) in [6, 6.07) is 8.28. The molecule has 1 aliphatic carbocycles. The van der Waals surface area contributed by atoms with Gasteiger partial charge in [0.2, 0.25) is 0 Å². The largest absolute Gasteiger partial charge is 0.497 e. The highest BCUT2D eigenvalue weighted by Crippen LogP contribution is 2.48. The number of aromatic nitrogens is 2. The molecule has 2 aliphatic rings. The monoisotopic (exact) mass is 341 g/mol. The topological polar surface area (TPSA) is 50.5 Å². The molecule has 1 saturated heterocycles.